The molecular formula is C29H40BrFN8O. The highest BCUT2D eigenvalue weighted by molar-refractivity contribution is 9.10. The summed E-state index contributed by atoms with van der Waals surface area (Å²) in [7, 11) is 0. The van der Waals surface area contributed by atoms with Crippen LogP contribution in [0.3, 0.4) is 0 Å². The van der Waals surface area contributed by atoms with E-state index in [0.717, 1.165) is 26.1 Å². The van der Waals surface area contributed by atoms with Crippen molar-refractivity contribution in [2.75, 3.05) is 55.7 Å². The zero-order chi connectivity index (χ0) is 28.5. The SMILES string of the molecule is CC(C)CN(NC(=O)N(CCCN1CCC(N2CCCCC2)CC1)c1ccc(F)cc1)c1nc(C#N)ncc1Br. The fourth-order valence-electron chi connectivity index (χ4n) is 5.54. The molecule has 0 saturated carbocycles. The maximum Gasteiger partial charge on any atom is 0.340 e. The Morgan fingerprint density at radius 1 is 1.18 bits per heavy atom. The summed E-state index contributed by atoms with van der Waals surface area (Å²) in [6.45, 7) is 10.5. The minimum Gasteiger partial charge on any atom is -0.303 e. The van der Waals surface area contributed by atoms with Crippen LogP contribution in [-0.4, -0.2) is 77.7 Å². The van der Waals surface area contributed by atoms with Crippen molar-refractivity contribution in [2.24, 2.45) is 5.92 Å². The third-order valence-corrected chi connectivity index (χ3v) is 8.12. The smallest absolute Gasteiger partial charge is 0.303 e. The lowest BCUT2D eigenvalue weighted by molar-refractivity contribution is 0.0924. The van der Waals surface area contributed by atoms with E-state index in [4.69, 9.17) is 0 Å². The number of nitrogens with one attached hydrogen (secondary N) is 1. The molecule has 2 amide bonds. The Morgan fingerprint density at radius 3 is 2.52 bits per heavy atom. The fraction of sp³-hybridized carbons (Fsp3) is 0.586. The Labute approximate surface area is 245 Å². The van der Waals surface area contributed by atoms with Gasteiger partial charge in [0.1, 0.15) is 11.9 Å². The molecule has 2 aliphatic rings. The summed E-state index contributed by atoms with van der Waals surface area (Å²) < 4.78 is 14.3. The Kier molecular flexibility index (Phi) is 11.1. The first-order chi connectivity index (χ1) is 19.3. The number of amides is 2. The quantitative estimate of drug-likeness (QED) is 0.368. The molecule has 0 spiro atoms. The van der Waals surface area contributed by atoms with Gasteiger partial charge in [0.15, 0.2) is 5.82 Å². The normalized spacial score (nSPS) is 17.0. The van der Waals surface area contributed by atoms with Crippen molar-refractivity contribution < 1.29 is 9.18 Å². The molecule has 0 aliphatic carbocycles. The molecule has 1 aromatic carbocycles. The minimum absolute atomic E-state index is 0.0145. The first-order valence-electron chi connectivity index (χ1n) is 14.3. The zero-order valence-corrected chi connectivity index (χ0v) is 25.1. The maximum atomic E-state index is 13.7. The number of rotatable bonds is 10. The van der Waals surface area contributed by atoms with Crippen LogP contribution in [0.15, 0.2) is 34.9 Å². The average molecular weight is 616 g/mol. The molecule has 0 radical (unpaired) electrons. The summed E-state index contributed by atoms with van der Waals surface area (Å²) in [5.41, 5.74) is 3.60. The van der Waals surface area contributed by atoms with E-state index in [-0.39, 0.29) is 23.6 Å². The number of benzene rings is 1. The highest BCUT2D eigenvalue weighted by atomic mass is 79.9. The van der Waals surface area contributed by atoms with Crippen LogP contribution in [0.2, 0.25) is 0 Å². The van der Waals surface area contributed by atoms with E-state index < -0.39 is 0 Å². The summed E-state index contributed by atoms with van der Waals surface area (Å²) in [6, 6.07) is 8.30. The number of urea groups is 1. The van der Waals surface area contributed by atoms with Crippen molar-refractivity contribution in [3.8, 4) is 6.07 Å². The molecule has 11 heteroatoms. The molecular weight excluding hydrogens is 575 g/mol. The van der Waals surface area contributed by atoms with E-state index in [1.54, 1.807) is 22.0 Å². The van der Waals surface area contributed by atoms with Crippen LogP contribution in [-0.2, 0) is 0 Å². The minimum atomic E-state index is -0.351. The van der Waals surface area contributed by atoms with Gasteiger partial charge in [-0.1, -0.05) is 20.3 Å². The van der Waals surface area contributed by atoms with Crippen LogP contribution in [0.4, 0.5) is 20.7 Å². The van der Waals surface area contributed by atoms with Crippen LogP contribution >= 0.6 is 15.9 Å². The van der Waals surface area contributed by atoms with Gasteiger partial charge in [-0.3, -0.25) is 9.91 Å². The Bertz CT molecular complexity index is 1140. The van der Waals surface area contributed by atoms with Gasteiger partial charge in [-0.2, -0.15) is 10.2 Å². The van der Waals surface area contributed by atoms with Gasteiger partial charge < -0.3 is 9.80 Å². The topological polar surface area (TPSA) is 91.6 Å². The van der Waals surface area contributed by atoms with Crippen molar-refractivity contribution in [3.63, 3.8) is 0 Å². The number of hydrogen-bond acceptors (Lipinski definition) is 7. The highest BCUT2D eigenvalue weighted by Gasteiger charge is 2.26. The van der Waals surface area contributed by atoms with E-state index in [1.807, 2.05) is 19.9 Å². The molecule has 2 fully saturated rings. The molecule has 2 aromatic rings. The molecule has 1 N–H and O–H groups in total. The lowest BCUT2D eigenvalue weighted by Crippen LogP contribution is -2.52. The molecule has 9 nitrogen and oxygen atoms in total. The van der Waals surface area contributed by atoms with E-state index in [0.29, 0.717) is 35.1 Å². The van der Waals surface area contributed by atoms with Crippen LogP contribution in [0.25, 0.3) is 0 Å². The molecule has 1 aromatic heterocycles. The number of aromatic nitrogens is 2. The molecule has 2 aliphatic heterocycles. The Morgan fingerprint density at radius 2 is 1.88 bits per heavy atom. The van der Waals surface area contributed by atoms with Gasteiger partial charge in [0, 0.05) is 31.0 Å². The second-order valence-corrected chi connectivity index (χ2v) is 11.9. The average Bonchev–Trinajstić information content (AvgIpc) is 2.96. The highest BCUT2D eigenvalue weighted by Crippen LogP contribution is 2.24. The third kappa shape index (κ3) is 8.35. The van der Waals surface area contributed by atoms with Crippen LogP contribution < -0.4 is 15.3 Å². The zero-order valence-electron chi connectivity index (χ0n) is 23.5. The summed E-state index contributed by atoms with van der Waals surface area (Å²) in [4.78, 5) is 28.8. The molecule has 4 rings (SSSR count). The molecule has 40 heavy (non-hydrogen) atoms. The van der Waals surface area contributed by atoms with Crippen LogP contribution in [0, 0.1) is 23.1 Å². The van der Waals surface area contributed by atoms with Gasteiger partial charge in [-0.15, -0.1) is 0 Å². The lowest BCUT2D eigenvalue weighted by atomic mass is 10.00. The van der Waals surface area contributed by atoms with Gasteiger partial charge in [-0.25, -0.2) is 19.6 Å². The monoisotopic (exact) mass is 614 g/mol. The Balaban J connectivity index is 1.41. The van der Waals surface area contributed by atoms with Gasteiger partial charge in [0.25, 0.3) is 0 Å². The number of halogens is 2. The second-order valence-electron chi connectivity index (χ2n) is 11.0. The first kappa shape index (κ1) is 30.2. The summed E-state index contributed by atoms with van der Waals surface area (Å²) >= 11 is 3.45. The number of hydrazine groups is 1. The molecule has 0 unspecified atom stereocenters. The molecule has 0 atom stereocenters. The second kappa shape index (κ2) is 14.7. The van der Waals surface area contributed by atoms with Crippen molar-refractivity contribution in [1.82, 2.24) is 25.2 Å². The fourth-order valence-corrected chi connectivity index (χ4v) is 5.95. The third-order valence-electron chi connectivity index (χ3n) is 7.56. The molecule has 3 heterocycles. The van der Waals surface area contributed by atoms with E-state index in [9.17, 15) is 14.4 Å². The van der Waals surface area contributed by atoms with Gasteiger partial charge >= 0.3 is 6.03 Å². The molecule has 216 valence electrons. The number of carbonyl (C=O) groups is 1. The van der Waals surface area contributed by atoms with Gasteiger partial charge in [0.2, 0.25) is 5.82 Å². The van der Waals surface area contributed by atoms with E-state index >= 15 is 0 Å². The van der Waals surface area contributed by atoms with Crippen molar-refractivity contribution in [1.29, 1.82) is 5.26 Å². The summed E-state index contributed by atoms with van der Waals surface area (Å²) in [6.07, 6.45) is 8.70. The van der Waals surface area contributed by atoms with Crippen molar-refractivity contribution in [2.45, 2.75) is 58.4 Å². The van der Waals surface area contributed by atoms with Crippen molar-refractivity contribution >= 4 is 33.5 Å². The van der Waals surface area contributed by atoms with Crippen molar-refractivity contribution in [3.05, 3.63) is 46.6 Å². The molecule has 0 bridgehead atoms. The maximum absolute atomic E-state index is 13.7. The summed E-state index contributed by atoms with van der Waals surface area (Å²) in [5, 5.41) is 10.9. The van der Waals surface area contributed by atoms with E-state index in [2.05, 4.69) is 41.1 Å². The predicted octanol–water partition coefficient (Wildman–Crippen LogP) is 5.18. The number of piperidine rings is 2. The molecule has 2 saturated heterocycles. The number of hydrogen-bond donors (Lipinski definition) is 1. The lowest BCUT2D eigenvalue weighted by Gasteiger charge is -2.40. The number of nitriles is 1. The first-order valence-corrected chi connectivity index (χ1v) is 15.1. The standard InChI is InChI=1S/C29H40BrFN8O/c1-22(2)21-39(28-26(30)20-33-27(19-32)34-28)35-29(40)38(25-9-7-23(31)8-10-25)16-6-13-36-17-11-24(12-18-36)37-14-4-3-5-15-37/h7-10,20,22,24H,3-6,11-18,21H2,1-2H3,(H,35,40). The number of anilines is 2. The number of nitrogens with zero attached hydrogens (tertiary/aromatic N) is 7. The van der Waals surface area contributed by atoms with Gasteiger partial charge in [0.05, 0.1) is 4.47 Å². The van der Waals surface area contributed by atoms with Gasteiger partial charge in [-0.05, 0) is 111 Å². The summed E-state index contributed by atoms with van der Waals surface area (Å²) in [5.74, 6) is 0.265. The van der Waals surface area contributed by atoms with Crippen LogP contribution in [0.1, 0.15) is 58.2 Å². The van der Waals surface area contributed by atoms with E-state index in [1.165, 1.54) is 63.5 Å². The Hall–Kier alpha value is -2.81. The van der Waals surface area contributed by atoms with Crippen LogP contribution in [0.5, 0.6) is 0 Å². The number of carbonyl (C=O) groups excluding carboxylic acids is 1. The number of likely N-dealkylation sites (tertiary alicyclic amines) is 2. The predicted molar refractivity (Wildman–Crippen MR) is 158 cm³/mol. The largest absolute Gasteiger partial charge is 0.340 e.